The van der Waals surface area contributed by atoms with Crippen LogP contribution in [-0.2, 0) is 0 Å². The Morgan fingerprint density at radius 2 is 1.88 bits per heavy atom. The van der Waals surface area contributed by atoms with Crippen LogP contribution >= 0.6 is 0 Å². The maximum Gasteiger partial charge on any atom is 0.254 e. The number of halogens is 1. The molecule has 2 aliphatic rings. The highest BCUT2D eigenvalue weighted by Crippen LogP contribution is 2.42. The average Bonchev–Trinajstić information content (AvgIpc) is 2.76. The third-order valence-corrected chi connectivity index (χ3v) is 6.54. The minimum Gasteiger partial charge on any atom is -0.395 e. The highest BCUT2D eigenvalue weighted by molar-refractivity contribution is 5.94. The number of nitrogens with zero attached hydrogens (tertiary/aromatic N) is 2. The lowest BCUT2D eigenvalue weighted by Crippen LogP contribution is -2.67. The van der Waals surface area contributed by atoms with Crippen molar-refractivity contribution in [2.75, 3.05) is 26.2 Å². The molecule has 2 aromatic carbocycles. The predicted molar refractivity (Wildman–Crippen MR) is 125 cm³/mol. The van der Waals surface area contributed by atoms with Crippen molar-refractivity contribution in [3.8, 4) is 11.8 Å². The van der Waals surface area contributed by atoms with Crippen LogP contribution in [-0.4, -0.2) is 69.8 Å². The smallest absolute Gasteiger partial charge is 0.254 e. The lowest BCUT2D eigenvalue weighted by atomic mass is 9.74. The van der Waals surface area contributed by atoms with Gasteiger partial charge in [0.2, 0.25) is 0 Å². The highest BCUT2D eigenvalue weighted by atomic mass is 19.1. The molecule has 1 amide bonds. The van der Waals surface area contributed by atoms with Crippen molar-refractivity contribution in [3.05, 3.63) is 71.0 Å². The van der Waals surface area contributed by atoms with Crippen molar-refractivity contribution >= 4 is 5.91 Å². The molecule has 0 saturated carbocycles. The molecule has 0 aliphatic carbocycles. The third kappa shape index (κ3) is 5.27. The summed E-state index contributed by atoms with van der Waals surface area (Å²) < 4.78 is 13.7. The summed E-state index contributed by atoms with van der Waals surface area (Å²) in [6.45, 7) is 5.42. The molecule has 4 rings (SSSR count). The van der Waals surface area contributed by atoms with Crippen molar-refractivity contribution < 1.29 is 19.4 Å². The van der Waals surface area contributed by atoms with E-state index in [4.69, 9.17) is 0 Å². The Bertz CT molecular complexity index is 1050. The van der Waals surface area contributed by atoms with Crippen LogP contribution < -0.4 is 0 Å². The zero-order valence-electron chi connectivity index (χ0n) is 19.2. The van der Waals surface area contributed by atoms with Gasteiger partial charge < -0.3 is 15.1 Å². The molecule has 33 heavy (non-hydrogen) atoms. The zero-order chi connectivity index (χ0) is 23.6. The first-order chi connectivity index (χ1) is 15.8. The second-order valence-corrected chi connectivity index (χ2v) is 9.48. The Hall–Kier alpha value is -2.72. The summed E-state index contributed by atoms with van der Waals surface area (Å²) in [6.07, 6.45) is 1.82. The number of amides is 1. The van der Waals surface area contributed by atoms with Gasteiger partial charge in [-0.3, -0.25) is 9.69 Å². The summed E-state index contributed by atoms with van der Waals surface area (Å²) in [7, 11) is 0. The van der Waals surface area contributed by atoms with Gasteiger partial charge in [0.25, 0.3) is 5.91 Å². The first kappa shape index (κ1) is 23.4. The van der Waals surface area contributed by atoms with Crippen molar-refractivity contribution in [2.24, 2.45) is 0 Å². The van der Waals surface area contributed by atoms with E-state index in [-0.39, 0.29) is 30.5 Å². The Morgan fingerprint density at radius 3 is 2.55 bits per heavy atom. The van der Waals surface area contributed by atoms with Gasteiger partial charge in [-0.15, -0.1) is 0 Å². The Labute approximate surface area is 194 Å². The largest absolute Gasteiger partial charge is 0.395 e. The van der Waals surface area contributed by atoms with E-state index in [1.807, 2.05) is 29.2 Å². The van der Waals surface area contributed by atoms with Gasteiger partial charge in [0.05, 0.1) is 6.61 Å². The molecule has 2 saturated heterocycles. The summed E-state index contributed by atoms with van der Waals surface area (Å²) in [4.78, 5) is 17.3. The maximum atomic E-state index is 13.7. The van der Waals surface area contributed by atoms with Crippen LogP contribution in [0.2, 0.25) is 0 Å². The Kier molecular flexibility index (Phi) is 6.85. The summed E-state index contributed by atoms with van der Waals surface area (Å²) in [6, 6.07) is 13.9. The van der Waals surface area contributed by atoms with Gasteiger partial charge in [0.1, 0.15) is 11.4 Å². The number of benzene rings is 2. The number of hydrogen-bond donors (Lipinski definition) is 2. The van der Waals surface area contributed by atoms with Crippen LogP contribution in [0.1, 0.15) is 54.1 Å². The SMILES string of the molecule is CC(C)(O)C#Cc1ccc([C@@H]2[C@@H](CO)N3CCCCN(C(=O)c4cccc(F)c4)C[C@@H]23)cc1. The highest BCUT2D eigenvalue weighted by Gasteiger charge is 2.49. The first-order valence-electron chi connectivity index (χ1n) is 11.5. The van der Waals surface area contributed by atoms with E-state index in [0.29, 0.717) is 18.7 Å². The molecule has 0 spiro atoms. The van der Waals surface area contributed by atoms with Crippen LogP contribution in [0, 0.1) is 17.7 Å². The average molecular weight is 451 g/mol. The van der Waals surface area contributed by atoms with E-state index in [1.165, 1.54) is 12.1 Å². The number of hydrogen-bond acceptors (Lipinski definition) is 4. The van der Waals surface area contributed by atoms with Gasteiger partial charge in [0.15, 0.2) is 0 Å². The van der Waals surface area contributed by atoms with Crippen LogP contribution in [0.5, 0.6) is 0 Å². The molecule has 174 valence electrons. The Morgan fingerprint density at radius 1 is 1.15 bits per heavy atom. The fourth-order valence-corrected chi connectivity index (χ4v) is 4.94. The van der Waals surface area contributed by atoms with E-state index < -0.39 is 11.4 Å². The van der Waals surface area contributed by atoms with Gasteiger partial charge in [-0.1, -0.05) is 30.0 Å². The van der Waals surface area contributed by atoms with Crippen molar-refractivity contribution in [2.45, 2.75) is 50.3 Å². The topological polar surface area (TPSA) is 64.0 Å². The molecule has 0 unspecified atom stereocenters. The summed E-state index contributed by atoms with van der Waals surface area (Å²) in [5, 5.41) is 19.9. The van der Waals surface area contributed by atoms with Crippen molar-refractivity contribution in [1.29, 1.82) is 0 Å². The number of aliphatic hydroxyl groups is 2. The molecule has 0 bridgehead atoms. The minimum atomic E-state index is -1.05. The molecule has 2 heterocycles. The second kappa shape index (κ2) is 9.64. The fraction of sp³-hybridized carbons (Fsp3) is 0.444. The number of rotatable bonds is 3. The lowest BCUT2D eigenvalue weighted by Gasteiger charge is -2.57. The van der Waals surface area contributed by atoms with Gasteiger partial charge in [-0.05, 0) is 69.1 Å². The van der Waals surface area contributed by atoms with E-state index in [9.17, 15) is 19.4 Å². The standard InChI is InChI=1S/C27H31FN2O3/c1-27(2,33)13-12-19-8-10-20(11-9-19)25-23-17-29(14-3-4-15-30(23)24(25)18-31)26(32)21-6-5-7-22(28)16-21/h5-11,16,23-25,31,33H,3-4,14-15,17-18H2,1-2H3/t23-,24+,25-/m0/s1. The number of carbonyl (C=O) groups is 1. The molecule has 2 aliphatic heterocycles. The van der Waals surface area contributed by atoms with Crippen molar-refractivity contribution in [3.63, 3.8) is 0 Å². The van der Waals surface area contributed by atoms with Crippen LogP contribution in [0.25, 0.3) is 0 Å². The predicted octanol–water partition coefficient (Wildman–Crippen LogP) is 3.01. The second-order valence-electron chi connectivity index (χ2n) is 9.48. The third-order valence-electron chi connectivity index (χ3n) is 6.54. The molecular weight excluding hydrogens is 419 g/mol. The molecule has 3 atom stereocenters. The van der Waals surface area contributed by atoms with Gasteiger partial charge in [-0.2, -0.15) is 0 Å². The molecule has 5 nitrogen and oxygen atoms in total. The molecule has 6 heteroatoms. The monoisotopic (exact) mass is 450 g/mol. The molecule has 2 fully saturated rings. The molecule has 0 radical (unpaired) electrons. The van der Waals surface area contributed by atoms with Gasteiger partial charge >= 0.3 is 0 Å². The quantitative estimate of drug-likeness (QED) is 0.706. The maximum absolute atomic E-state index is 13.7. The van der Waals surface area contributed by atoms with E-state index in [1.54, 1.807) is 26.0 Å². The number of aliphatic hydroxyl groups excluding tert-OH is 1. The summed E-state index contributed by atoms with van der Waals surface area (Å²) >= 11 is 0. The molecule has 2 N–H and O–H groups in total. The van der Waals surface area contributed by atoms with Gasteiger partial charge in [-0.25, -0.2) is 4.39 Å². The molecule has 0 aromatic heterocycles. The Balaban J connectivity index is 1.56. The van der Waals surface area contributed by atoms with E-state index in [0.717, 1.165) is 30.5 Å². The van der Waals surface area contributed by atoms with Crippen molar-refractivity contribution in [1.82, 2.24) is 9.80 Å². The summed E-state index contributed by atoms with van der Waals surface area (Å²) in [5.41, 5.74) is 1.23. The normalized spacial score (nSPS) is 23.4. The zero-order valence-corrected chi connectivity index (χ0v) is 19.2. The van der Waals surface area contributed by atoms with E-state index in [2.05, 4.69) is 16.7 Å². The summed E-state index contributed by atoms with van der Waals surface area (Å²) in [5.74, 6) is 5.33. The molecule has 2 aromatic rings. The molecular formula is C27H31FN2O3. The first-order valence-corrected chi connectivity index (χ1v) is 11.5. The van der Waals surface area contributed by atoms with Gasteiger partial charge in [0, 0.05) is 42.2 Å². The van der Waals surface area contributed by atoms with Crippen LogP contribution in [0.15, 0.2) is 48.5 Å². The van der Waals surface area contributed by atoms with Crippen LogP contribution in [0.4, 0.5) is 4.39 Å². The van der Waals surface area contributed by atoms with Crippen LogP contribution in [0.3, 0.4) is 0 Å². The number of carbonyl (C=O) groups excluding carboxylic acids is 1. The number of fused-ring (bicyclic) bond motifs is 1. The lowest BCUT2D eigenvalue weighted by molar-refractivity contribution is -0.0606. The minimum absolute atomic E-state index is 0.00697. The fourth-order valence-electron chi connectivity index (χ4n) is 4.94. The van der Waals surface area contributed by atoms with E-state index >= 15 is 0 Å².